The van der Waals surface area contributed by atoms with Crippen LogP contribution < -0.4 is 4.90 Å². The second kappa shape index (κ2) is 5.88. The first kappa shape index (κ1) is 14.9. The third-order valence-corrected chi connectivity index (χ3v) is 3.42. The Kier molecular flexibility index (Phi) is 4.18. The van der Waals surface area contributed by atoms with Crippen LogP contribution >= 0.6 is 15.9 Å². The summed E-state index contributed by atoms with van der Waals surface area (Å²) < 4.78 is 0.474. The Morgan fingerprint density at radius 1 is 1.38 bits per heavy atom. The van der Waals surface area contributed by atoms with Crippen LogP contribution in [0.5, 0.6) is 0 Å². The Morgan fingerprint density at radius 3 is 2.48 bits per heavy atom. The molecule has 2 rings (SSSR count). The van der Waals surface area contributed by atoms with E-state index in [1.807, 2.05) is 0 Å². The molecule has 1 aromatic heterocycles. The molecule has 0 amide bonds. The highest BCUT2D eigenvalue weighted by molar-refractivity contribution is 9.10. The lowest BCUT2D eigenvalue weighted by Crippen LogP contribution is -2.12. The SMILES string of the molecule is CN(c1ccc(C(=O)O)cc1)c1ncc([N+](=O)[O-])cc1Br. The average molecular weight is 352 g/mol. The predicted octanol–water partition coefficient (Wildman–Crippen LogP) is 3.22. The molecule has 7 nitrogen and oxygen atoms in total. The summed E-state index contributed by atoms with van der Waals surface area (Å²) in [4.78, 5) is 26.7. The summed E-state index contributed by atoms with van der Waals surface area (Å²) in [6.45, 7) is 0. The highest BCUT2D eigenvalue weighted by Crippen LogP contribution is 2.31. The highest BCUT2D eigenvalue weighted by atomic mass is 79.9. The number of aromatic nitrogens is 1. The van der Waals surface area contributed by atoms with E-state index in [2.05, 4.69) is 20.9 Å². The molecule has 0 atom stereocenters. The van der Waals surface area contributed by atoms with E-state index in [4.69, 9.17) is 5.11 Å². The predicted molar refractivity (Wildman–Crippen MR) is 80.1 cm³/mol. The monoisotopic (exact) mass is 351 g/mol. The van der Waals surface area contributed by atoms with Gasteiger partial charge in [-0.05, 0) is 40.2 Å². The van der Waals surface area contributed by atoms with Gasteiger partial charge in [0.15, 0.2) is 0 Å². The van der Waals surface area contributed by atoms with Crippen LogP contribution in [0.1, 0.15) is 10.4 Å². The number of hydrogen-bond acceptors (Lipinski definition) is 5. The molecule has 0 spiro atoms. The van der Waals surface area contributed by atoms with Crippen LogP contribution in [0.2, 0.25) is 0 Å². The number of halogens is 1. The first-order valence-electron chi connectivity index (χ1n) is 5.77. The van der Waals surface area contributed by atoms with Crippen LogP contribution in [-0.4, -0.2) is 28.0 Å². The fourth-order valence-electron chi connectivity index (χ4n) is 1.72. The van der Waals surface area contributed by atoms with Gasteiger partial charge in [-0.2, -0.15) is 0 Å². The van der Waals surface area contributed by atoms with Gasteiger partial charge in [-0.1, -0.05) is 0 Å². The summed E-state index contributed by atoms with van der Waals surface area (Å²) in [5.74, 6) is -0.512. The molecule has 108 valence electrons. The Hall–Kier alpha value is -2.48. The van der Waals surface area contributed by atoms with E-state index in [-0.39, 0.29) is 11.3 Å². The average Bonchev–Trinajstić information content (AvgIpc) is 2.46. The van der Waals surface area contributed by atoms with Crippen LogP contribution in [-0.2, 0) is 0 Å². The maximum Gasteiger partial charge on any atom is 0.335 e. The number of carboxylic acid groups (broad SMARTS) is 1. The summed E-state index contributed by atoms with van der Waals surface area (Å²) in [7, 11) is 1.73. The number of aromatic carboxylic acids is 1. The third-order valence-electron chi connectivity index (χ3n) is 2.84. The number of nitrogens with zero attached hydrogens (tertiary/aromatic N) is 3. The summed E-state index contributed by atoms with van der Waals surface area (Å²) in [5, 5.41) is 19.5. The van der Waals surface area contributed by atoms with Crippen molar-refractivity contribution in [1.82, 2.24) is 4.98 Å². The second-order valence-corrected chi connectivity index (χ2v) is 5.02. The van der Waals surface area contributed by atoms with Gasteiger partial charge in [0, 0.05) is 18.8 Å². The molecule has 0 radical (unpaired) electrons. The molecule has 0 aliphatic heterocycles. The molecule has 1 N–H and O–H groups in total. The molecule has 1 aromatic carbocycles. The fraction of sp³-hybridized carbons (Fsp3) is 0.0769. The van der Waals surface area contributed by atoms with Crippen LogP contribution in [0.25, 0.3) is 0 Å². The van der Waals surface area contributed by atoms with E-state index in [1.54, 1.807) is 24.1 Å². The number of nitro groups is 1. The Bertz CT molecular complexity index is 703. The van der Waals surface area contributed by atoms with Crippen molar-refractivity contribution in [2.45, 2.75) is 0 Å². The zero-order valence-corrected chi connectivity index (χ0v) is 12.4. The van der Waals surface area contributed by atoms with E-state index in [0.29, 0.717) is 16.0 Å². The van der Waals surface area contributed by atoms with E-state index < -0.39 is 10.9 Å². The van der Waals surface area contributed by atoms with E-state index >= 15 is 0 Å². The van der Waals surface area contributed by atoms with Crippen molar-refractivity contribution < 1.29 is 14.8 Å². The van der Waals surface area contributed by atoms with Crippen molar-refractivity contribution in [1.29, 1.82) is 0 Å². The lowest BCUT2D eigenvalue weighted by molar-refractivity contribution is -0.385. The molecule has 0 aliphatic rings. The van der Waals surface area contributed by atoms with Gasteiger partial charge >= 0.3 is 5.97 Å². The highest BCUT2D eigenvalue weighted by Gasteiger charge is 2.15. The van der Waals surface area contributed by atoms with Crippen molar-refractivity contribution in [2.24, 2.45) is 0 Å². The van der Waals surface area contributed by atoms with Gasteiger partial charge in [0.1, 0.15) is 12.0 Å². The number of carboxylic acids is 1. The smallest absolute Gasteiger partial charge is 0.335 e. The number of anilines is 2. The minimum absolute atomic E-state index is 0.111. The summed E-state index contributed by atoms with van der Waals surface area (Å²) in [6.07, 6.45) is 1.17. The molecule has 21 heavy (non-hydrogen) atoms. The summed E-state index contributed by atoms with van der Waals surface area (Å²) >= 11 is 3.25. The number of rotatable bonds is 4. The fourth-order valence-corrected chi connectivity index (χ4v) is 2.32. The Labute approximate surface area is 128 Å². The molecule has 0 saturated heterocycles. The minimum atomic E-state index is -1.00. The van der Waals surface area contributed by atoms with Crippen LogP contribution in [0.3, 0.4) is 0 Å². The van der Waals surface area contributed by atoms with E-state index in [1.165, 1.54) is 24.4 Å². The van der Waals surface area contributed by atoms with Gasteiger partial charge in [-0.15, -0.1) is 0 Å². The van der Waals surface area contributed by atoms with Gasteiger partial charge < -0.3 is 10.0 Å². The van der Waals surface area contributed by atoms with Crippen molar-refractivity contribution in [3.05, 3.63) is 56.7 Å². The second-order valence-electron chi connectivity index (χ2n) is 4.17. The maximum atomic E-state index is 10.8. The molecule has 0 unspecified atom stereocenters. The summed E-state index contributed by atoms with van der Waals surface area (Å²) in [5.41, 5.74) is 0.783. The molecule has 1 heterocycles. The number of pyridine rings is 1. The molecule has 2 aromatic rings. The Morgan fingerprint density at radius 2 is 2.00 bits per heavy atom. The normalized spacial score (nSPS) is 10.2. The lowest BCUT2D eigenvalue weighted by atomic mass is 10.2. The van der Waals surface area contributed by atoms with E-state index in [9.17, 15) is 14.9 Å². The lowest BCUT2D eigenvalue weighted by Gasteiger charge is -2.19. The first-order valence-corrected chi connectivity index (χ1v) is 6.56. The molecule has 0 saturated carbocycles. The van der Waals surface area contributed by atoms with Gasteiger partial charge in [0.2, 0.25) is 0 Å². The van der Waals surface area contributed by atoms with Gasteiger partial charge in [-0.25, -0.2) is 9.78 Å². The van der Waals surface area contributed by atoms with E-state index in [0.717, 1.165) is 0 Å². The standard InChI is InChI=1S/C13H10BrN3O4/c1-16(9-4-2-8(3-5-9)13(18)19)12-11(14)6-10(7-15-12)17(20)21/h2-7H,1H3,(H,18,19). The Balaban J connectivity index is 2.33. The van der Waals surface area contributed by atoms with Crippen molar-refractivity contribution >= 4 is 39.1 Å². The van der Waals surface area contributed by atoms with Gasteiger partial charge in [0.25, 0.3) is 5.69 Å². The van der Waals surface area contributed by atoms with Gasteiger partial charge in [0.05, 0.1) is 15.0 Å². The van der Waals surface area contributed by atoms with Crippen molar-refractivity contribution in [3.8, 4) is 0 Å². The zero-order chi connectivity index (χ0) is 15.6. The molecular formula is C13H10BrN3O4. The van der Waals surface area contributed by atoms with Gasteiger partial charge in [-0.3, -0.25) is 10.1 Å². The quantitative estimate of drug-likeness (QED) is 0.670. The van der Waals surface area contributed by atoms with Crippen molar-refractivity contribution in [3.63, 3.8) is 0 Å². The number of carbonyl (C=O) groups is 1. The third kappa shape index (κ3) is 3.16. The minimum Gasteiger partial charge on any atom is -0.478 e. The van der Waals surface area contributed by atoms with Crippen LogP contribution in [0.4, 0.5) is 17.2 Å². The molecular weight excluding hydrogens is 342 g/mol. The first-order chi connectivity index (χ1) is 9.90. The molecule has 0 bridgehead atoms. The van der Waals surface area contributed by atoms with Crippen LogP contribution in [0, 0.1) is 10.1 Å². The number of benzene rings is 1. The zero-order valence-electron chi connectivity index (χ0n) is 10.9. The van der Waals surface area contributed by atoms with Crippen LogP contribution in [0.15, 0.2) is 41.0 Å². The molecule has 0 aliphatic carbocycles. The van der Waals surface area contributed by atoms with Crippen molar-refractivity contribution in [2.75, 3.05) is 11.9 Å². The largest absolute Gasteiger partial charge is 0.478 e. The number of hydrogen-bond donors (Lipinski definition) is 1. The maximum absolute atomic E-state index is 10.8. The topological polar surface area (TPSA) is 96.6 Å². The molecule has 0 fully saturated rings. The summed E-state index contributed by atoms with van der Waals surface area (Å²) in [6, 6.07) is 7.60. The molecule has 8 heteroatoms.